The summed E-state index contributed by atoms with van der Waals surface area (Å²) in [5, 5.41) is 0. The highest BCUT2D eigenvalue weighted by molar-refractivity contribution is 5.79. The van der Waals surface area contributed by atoms with Crippen LogP contribution in [0.2, 0.25) is 0 Å². The first-order chi connectivity index (χ1) is 8.66. The summed E-state index contributed by atoms with van der Waals surface area (Å²) in [5.41, 5.74) is 1.37. The minimum Gasteiger partial charge on any atom is -0.340 e. The Hall–Kier alpha value is -0.830. The number of amides is 1. The topological polar surface area (TPSA) is 23.6 Å². The van der Waals surface area contributed by atoms with Crippen LogP contribution in [0.15, 0.2) is 11.6 Å². The molecule has 3 heteroatoms. The Kier molecular flexibility index (Phi) is 4.81. The summed E-state index contributed by atoms with van der Waals surface area (Å²) in [6.45, 7) is 9.22. The second kappa shape index (κ2) is 6.37. The van der Waals surface area contributed by atoms with Gasteiger partial charge in [-0.1, -0.05) is 24.5 Å². The molecule has 2 rings (SSSR count). The zero-order chi connectivity index (χ0) is 13.0. The Morgan fingerprint density at radius 3 is 2.28 bits per heavy atom. The highest BCUT2D eigenvalue weighted by atomic mass is 16.2. The smallest absolute Gasteiger partial charge is 0.225 e. The van der Waals surface area contributed by atoms with Crippen molar-refractivity contribution in [2.75, 3.05) is 32.7 Å². The summed E-state index contributed by atoms with van der Waals surface area (Å²) in [6.07, 6.45) is 7.01. The van der Waals surface area contributed by atoms with Gasteiger partial charge < -0.3 is 4.90 Å². The lowest BCUT2D eigenvalue weighted by Gasteiger charge is -2.35. The van der Waals surface area contributed by atoms with Crippen LogP contribution in [0.3, 0.4) is 0 Å². The fourth-order valence-corrected chi connectivity index (χ4v) is 2.89. The van der Waals surface area contributed by atoms with E-state index in [-0.39, 0.29) is 0 Å². The Balaban J connectivity index is 1.75. The van der Waals surface area contributed by atoms with Gasteiger partial charge in [0.2, 0.25) is 5.91 Å². The second-order valence-corrected chi connectivity index (χ2v) is 5.89. The highest BCUT2D eigenvalue weighted by Gasteiger charge is 2.28. The molecule has 0 radical (unpaired) electrons. The predicted octanol–water partition coefficient (Wildman–Crippen LogP) is 2.29. The lowest BCUT2D eigenvalue weighted by Crippen LogP contribution is -2.50. The standard InChI is InChI=1S/C15H26N2O/c1-13(2)7-8-16-9-11-17(12-10-16)15(18)14-5-3-4-6-14/h7,14H,3-6,8-12H2,1-2H3. The Bertz CT molecular complexity index is 306. The first kappa shape index (κ1) is 13.6. The third-order valence-electron chi connectivity index (χ3n) is 4.15. The number of carbonyl (C=O) groups is 1. The number of nitrogens with zero attached hydrogens (tertiary/aromatic N) is 2. The van der Waals surface area contributed by atoms with Crippen LogP contribution in [0.4, 0.5) is 0 Å². The van der Waals surface area contributed by atoms with E-state index in [0.29, 0.717) is 11.8 Å². The number of hydrogen-bond acceptors (Lipinski definition) is 2. The molecule has 0 N–H and O–H groups in total. The molecule has 1 amide bonds. The number of allylic oxidation sites excluding steroid dienone is 1. The molecule has 2 fully saturated rings. The fourth-order valence-electron chi connectivity index (χ4n) is 2.89. The van der Waals surface area contributed by atoms with Crippen molar-refractivity contribution in [3.63, 3.8) is 0 Å². The maximum Gasteiger partial charge on any atom is 0.225 e. The molecule has 102 valence electrons. The van der Waals surface area contributed by atoms with E-state index < -0.39 is 0 Å². The van der Waals surface area contributed by atoms with Gasteiger partial charge in [-0.15, -0.1) is 0 Å². The minimum atomic E-state index is 0.342. The lowest BCUT2D eigenvalue weighted by molar-refractivity contribution is -0.137. The average Bonchev–Trinajstić information content (AvgIpc) is 2.90. The van der Waals surface area contributed by atoms with Gasteiger partial charge in [0.25, 0.3) is 0 Å². The van der Waals surface area contributed by atoms with Crippen molar-refractivity contribution in [1.29, 1.82) is 0 Å². The first-order valence-corrected chi connectivity index (χ1v) is 7.31. The van der Waals surface area contributed by atoms with Crippen LogP contribution in [-0.2, 0) is 4.79 Å². The van der Waals surface area contributed by atoms with E-state index in [1.54, 1.807) is 0 Å². The molecule has 1 heterocycles. The molecule has 3 nitrogen and oxygen atoms in total. The number of piperazine rings is 1. The molecule has 0 aromatic rings. The van der Waals surface area contributed by atoms with Gasteiger partial charge in [-0.3, -0.25) is 9.69 Å². The van der Waals surface area contributed by atoms with Crippen LogP contribution in [0.25, 0.3) is 0 Å². The number of hydrogen-bond donors (Lipinski definition) is 0. The molecule has 1 saturated carbocycles. The van der Waals surface area contributed by atoms with Crippen LogP contribution >= 0.6 is 0 Å². The Labute approximate surface area is 111 Å². The van der Waals surface area contributed by atoms with Crippen molar-refractivity contribution in [2.45, 2.75) is 39.5 Å². The third-order valence-corrected chi connectivity index (χ3v) is 4.15. The predicted molar refractivity (Wildman–Crippen MR) is 74.4 cm³/mol. The first-order valence-electron chi connectivity index (χ1n) is 7.31. The molecule has 18 heavy (non-hydrogen) atoms. The van der Waals surface area contributed by atoms with E-state index in [1.165, 1.54) is 18.4 Å². The van der Waals surface area contributed by atoms with Gasteiger partial charge in [0, 0.05) is 38.6 Å². The molecule has 0 aromatic carbocycles. The molecule has 0 atom stereocenters. The maximum absolute atomic E-state index is 12.3. The van der Waals surface area contributed by atoms with E-state index in [0.717, 1.165) is 45.6 Å². The SMILES string of the molecule is CC(C)=CCN1CCN(C(=O)C2CCCC2)CC1. The van der Waals surface area contributed by atoms with E-state index in [4.69, 9.17) is 0 Å². The quantitative estimate of drug-likeness (QED) is 0.718. The monoisotopic (exact) mass is 250 g/mol. The van der Waals surface area contributed by atoms with Crippen molar-refractivity contribution in [1.82, 2.24) is 9.80 Å². The normalized spacial score (nSPS) is 22.2. The van der Waals surface area contributed by atoms with Crippen LogP contribution in [0.1, 0.15) is 39.5 Å². The van der Waals surface area contributed by atoms with Crippen LogP contribution in [0.5, 0.6) is 0 Å². The molecule has 0 aromatic heterocycles. The van der Waals surface area contributed by atoms with Crippen molar-refractivity contribution >= 4 is 5.91 Å². The Morgan fingerprint density at radius 1 is 1.11 bits per heavy atom. The minimum absolute atomic E-state index is 0.342. The van der Waals surface area contributed by atoms with Gasteiger partial charge in [0.05, 0.1) is 0 Å². The summed E-state index contributed by atoms with van der Waals surface area (Å²) < 4.78 is 0. The number of carbonyl (C=O) groups excluding carboxylic acids is 1. The number of rotatable bonds is 3. The summed E-state index contributed by atoms with van der Waals surface area (Å²) in [5.74, 6) is 0.767. The molecule has 1 aliphatic heterocycles. The van der Waals surface area contributed by atoms with Crippen LogP contribution in [0, 0.1) is 5.92 Å². The van der Waals surface area contributed by atoms with E-state index >= 15 is 0 Å². The molecule has 0 bridgehead atoms. The molecule has 1 saturated heterocycles. The molecule has 2 aliphatic rings. The molecular weight excluding hydrogens is 224 g/mol. The van der Waals surface area contributed by atoms with Gasteiger partial charge in [0.1, 0.15) is 0 Å². The van der Waals surface area contributed by atoms with Gasteiger partial charge >= 0.3 is 0 Å². The van der Waals surface area contributed by atoms with Crippen molar-refractivity contribution in [3.05, 3.63) is 11.6 Å². The van der Waals surface area contributed by atoms with Gasteiger partial charge in [-0.25, -0.2) is 0 Å². The largest absolute Gasteiger partial charge is 0.340 e. The molecule has 0 spiro atoms. The Morgan fingerprint density at radius 2 is 1.72 bits per heavy atom. The molecule has 1 aliphatic carbocycles. The zero-order valence-corrected chi connectivity index (χ0v) is 11.8. The summed E-state index contributed by atoms with van der Waals surface area (Å²) in [4.78, 5) is 16.8. The highest BCUT2D eigenvalue weighted by Crippen LogP contribution is 2.26. The van der Waals surface area contributed by atoms with E-state index in [1.807, 2.05) is 0 Å². The van der Waals surface area contributed by atoms with Crippen molar-refractivity contribution in [3.8, 4) is 0 Å². The zero-order valence-electron chi connectivity index (χ0n) is 11.8. The van der Waals surface area contributed by atoms with Crippen LogP contribution < -0.4 is 0 Å². The average molecular weight is 250 g/mol. The van der Waals surface area contributed by atoms with Crippen molar-refractivity contribution < 1.29 is 4.79 Å². The van der Waals surface area contributed by atoms with Crippen LogP contribution in [-0.4, -0.2) is 48.4 Å². The van der Waals surface area contributed by atoms with Crippen molar-refractivity contribution in [2.24, 2.45) is 5.92 Å². The fraction of sp³-hybridized carbons (Fsp3) is 0.800. The van der Waals surface area contributed by atoms with E-state index in [2.05, 4.69) is 29.7 Å². The summed E-state index contributed by atoms with van der Waals surface area (Å²) in [7, 11) is 0. The molecular formula is C15H26N2O. The molecule has 0 unspecified atom stereocenters. The van der Waals surface area contributed by atoms with Gasteiger partial charge in [-0.05, 0) is 26.7 Å². The third kappa shape index (κ3) is 3.58. The summed E-state index contributed by atoms with van der Waals surface area (Å²) in [6, 6.07) is 0. The van der Waals surface area contributed by atoms with Gasteiger partial charge in [0.15, 0.2) is 0 Å². The maximum atomic E-state index is 12.3. The summed E-state index contributed by atoms with van der Waals surface area (Å²) >= 11 is 0. The lowest BCUT2D eigenvalue weighted by atomic mass is 10.1. The van der Waals surface area contributed by atoms with E-state index in [9.17, 15) is 4.79 Å². The second-order valence-electron chi connectivity index (χ2n) is 5.89. The van der Waals surface area contributed by atoms with Gasteiger partial charge in [-0.2, -0.15) is 0 Å².